The fourth-order valence-corrected chi connectivity index (χ4v) is 1.39. The van der Waals surface area contributed by atoms with Crippen LogP contribution in [0.25, 0.3) is 0 Å². The Labute approximate surface area is 84.8 Å². The fraction of sp³-hybridized carbons (Fsp3) is 0.375. The normalized spacial score (nSPS) is 9.71. The number of carboxylic acids is 1. The maximum Gasteiger partial charge on any atom is 0.303 e. The summed E-state index contributed by atoms with van der Waals surface area (Å²) >= 11 is 1.35. The minimum Gasteiger partial charge on any atom is -0.481 e. The molecule has 14 heavy (non-hydrogen) atoms. The number of amides is 1. The Morgan fingerprint density at radius 1 is 1.57 bits per heavy atom. The first-order chi connectivity index (χ1) is 6.70. The molecule has 5 nitrogen and oxygen atoms in total. The molecule has 6 heteroatoms. The van der Waals surface area contributed by atoms with Crippen molar-refractivity contribution in [1.29, 1.82) is 0 Å². The number of nitrogens with one attached hydrogen (secondary N) is 1. The first kappa shape index (κ1) is 10.6. The third-order valence-corrected chi connectivity index (χ3v) is 2.10. The molecular weight excluding hydrogens is 204 g/mol. The van der Waals surface area contributed by atoms with E-state index < -0.39 is 5.97 Å². The number of hydrogen-bond donors (Lipinski definition) is 2. The summed E-state index contributed by atoms with van der Waals surface area (Å²) in [4.78, 5) is 25.2. The highest BCUT2D eigenvalue weighted by Crippen LogP contribution is 2.00. The van der Waals surface area contributed by atoms with Crippen LogP contribution in [0, 0.1) is 0 Å². The number of carboxylic acid groups (broad SMARTS) is 1. The van der Waals surface area contributed by atoms with Gasteiger partial charge in [-0.25, -0.2) is 4.98 Å². The van der Waals surface area contributed by atoms with E-state index in [1.807, 2.05) is 0 Å². The molecule has 76 valence electrons. The second-order valence-corrected chi connectivity index (χ2v) is 3.35. The Morgan fingerprint density at radius 2 is 2.36 bits per heavy atom. The smallest absolute Gasteiger partial charge is 0.303 e. The average molecular weight is 214 g/mol. The predicted octanol–water partition coefficient (Wildman–Crippen LogP) is 0.738. The van der Waals surface area contributed by atoms with Crippen molar-refractivity contribution in [1.82, 2.24) is 10.3 Å². The number of aromatic nitrogens is 1. The number of carbonyl (C=O) groups is 2. The molecule has 0 aliphatic heterocycles. The van der Waals surface area contributed by atoms with Crippen molar-refractivity contribution in [3.63, 3.8) is 0 Å². The Balaban J connectivity index is 2.19. The van der Waals surface area contributed by atoms with Gasteiger partial charge in [-0.2, -0.15) is 0 Å². The summed E-state index contributed by atoms with van der Waals surface area (Å²) < 4.78 is 0. The van der Waals surface area contributed by atoms with Gasteiger partial charge in [-0.15, -0.1) is 11.3 Å². The Bertz CT molecular complexity index is 310. The van der Waals surface area contributed by atoms with Crippen molar-refractivity contribution in [3.05, 3.63) is 16.6 Å². The average Bonchev–Trinajstić information content (AvgIpc) is 2.64. The summed E-state index contributed by atoms with van der Waals surface area (Å²) in [6, 6.07) is 0. The van der Waals surface area contributed by atoms with Crippen molar-refractivity contribution in [3.8, 4) is 0 Å². The molecule has 2 N–H and O–H groups in total. The monoisotopic (exact) mass is 214 g/mol. The Hall–Kier alpha value is -1.43. The van der Waals surface area contributed by atoms with E-state index in [0.29, 0.717) is 18.7 Å². The van der Waals surface area contributed by atoms with E-state index in [9.17, 15) is 9.59 Å². The molecule has 0 bridgehead atoms. The van der Waals surface area contributed by atoms with Crippen molar-refractivity contribution >= 4 is 23.2 Å². The van der Waals surface area contributed by atoms with Gasteiger partial charge in [-0.05, 0) is 6.42 Å². The van der Waals surface area contributed by atoms with Crippen LogP contribution in [0.4, 0.5) is 0 Å². The molecule has 1 rings (SSSR count). The summed E-state index contributed by atoms with van der Waals surface area (Å²) in [5.74, 6) is -1.11. The lowest BCUT2D eigenvalue weighted by atomic mass is 10.3. The number of carbonyl (C=O) groups excluding carboxylic acids is 1. The van der Waals surface area contributed by atoms with Gasteiger partial charge in [0, 0.05) is 18.3 Å². The van der Waals surface area contributed by atoms with E-state index in [1.54, 1.807) is 10.9 Å². The minimum absolute atomic E-state index is 0.0668. The van der Waals surface area contributed by atoms with Crippen LogP contribution in [0.3, 0.4) is 0 Å². The molecule has 0 saturated heterocycles. The van der Waals surface area contributed by atoms with Crippen LogP contribution in [-0.4, -0.2) is 28.5 Å². The Morgan fingerprint density at radius 3 is 2.93 bits per heavy atom. The highest BCUT2D eigenvalue weighted by atomic mass is 32.1. The van der Waals surface area contributed by atoms with Crippen LogP contribution in [0.15, 0.2) is 10.9 Å². The molecule has 1 amide bonds. The largest absolute Gasteiger partial charge is 0.481 e. The molecule has 0 spiro atoms. The van der Waals surface area contributed by atoms with Crippen LogP contribution < -0.4 is 5.32 Å². The van der Waals surface area contributed by atoms with Gasteiger partial charge in [0.15, 0.2) is 0 Å². The van der Waals surface area contributed by atoms with Gasteiger partial charge in [-0.3, -0.25) is 9.59 Å². The molecule has 1 aromatic heterocycles. The SMILES string of the molecule is O=C(O)CCCNC(=O)c1cscn1. The summed E-state index contributed by atoms with van der Waals surface area (Å²) in [5, 5.41) is 12.6. The first-order valence-electron chi connectivity index (χ1n) is 4.08. The molecule has 0 saturated carbocycles. The number of aliphatic carboxylic acids is 1. The van der Waals surface area contributed by atoms with E-state index in [4.69, 9.17) is 5.11 Å². The lowest BCUT2D eigenvalue weighted by Gasteiger charge is -2.00. The van der Waals surface area contributed by atoms with Crippen LogP contribution in [0.5, 0.6) is 0 Å². The standard InChI is InChI=1S/C8H10N2O3S/c11-7(12)2-1-3-9-8(13)6-4-14-5-10-6/h4-5H,1-3H2,(H,9,13)(H,11,12). The van der Waals surface area contributed by atoms with Crippen LogP contribution >= 0.6 is 11.3 Å². The van der Waals surface area contributed by atoms with E-state index in [0.717, 1.165) is 0 Å². The first-order valence-corrected chi connectivity index (χ1v) is 5.02. The number of hydrogen-bond acceptors (Lipinski definition) is 4. The zero-order chi connectivity index (χ0) is 10.4. The van der Waals surface area contributed by atoms with Crippen molar-refractivity contribution in [2.45, 2.75) is 12.8 Å². The predicted molar refractivity (Wildman–Crippen MR) is 51.3 cm³/mol. The number of rotatable bonds is 5. The van der Waals surface area contributed by atoms with Crippen LogP contribution in [-0.2, 0) is 4.79 Å². The zero-order valence-corrected chi connectivity index (χ0v) is 8.21. The Kier molecular flexibility index (Phi) is 4.06. The zero-order valence-electron chi connectivity index (χ0n) is 7.40. The van der Waals surface area contributed by atoms with Crippen molar-refractivity contribution < 1.29 is 14.7 Å². The molecule has 0 unspecified atom stereocenters. The molecule has 1 aromatic rings. The van der Waals surface area contributed by atoms with Gasteiger partial charge in [0.25, 0.3) is 5.91 Å². The molecule has 0 aliphatic rings. The lowest BCUT2D eigenvalue weighted by Crippen LogP contribution is -2.25. The third kappa shape index (κ3) is 3.53. The highest BCUT2D eigenvalue weighted by molar-refractivity contribution is 7.07. The minimum atomic E-state index is -0.854. The van der Waals surface area contributed by atoms with Crippen molar-refractivity contribution in [2.24, 2.45) is 0 Å². The van der Waals surface area contributed by atoms with E-state index in [-0.39, 0.29) is 12.3 Å². The van der Waals surface area contributed by atoms with Crippen molar-refractivity contribution in [2.75, 3.05) is 6.54 Å². The highest BCUT2D eigenvalue weighted by Gasteiger charge is 2.06. The number of nitrogens with zero attached hydrogens (tertiary/aromatic N) is 1. The van der Waals surface area contributed by atoms with Gasteiger partial charge < -0.3 is 10.4 Å². The maximum absolute atomic E-state index is 11.2. The van der Waals surface area contributed by atoms with Gasteiger partial charge in [-0.1, -0.05) is 0 Å². The molecule has 0 fully saturated rings. The fourth-order valence-electron chi connectivity index (χ4n) is 0.857. The maximum atomic E-state index is 11.2. The topological polar surface area (TPSA) is 79.3 Å². The second-order valence-electron chi connectivity index (χ2n) is 2.63. The molecule has 0 aromatic carbocycles. The quantitative estimate of drug-likeness (QED) is 0.708. The molecule has 0 radical (unpaired) electrons. The molecular formula is C8H10N2O3S. The third-order valence-electron chi connectivity index (χ3n) is 1.52. The second kappa shape index (κ2) is 5.33. The van der Waals surface area contributed by atoms with Gasteiger partial charge in [0.1, 0.15) is 5.69 Å². The summed E-state index contributed by atoms with van der Waals surface area (Å²) in [7, 11) is 0. The van der Waals surface area contributed by atoms with Gasteiger partial charge in [0.05, 0.1) is 5.51 Å². The van der Waals surface area contributed by atoms with E-state index in [1.165, 1.54) is 11.3 Å². The number of thiazole rings is 1. The summed E-state index contributed by atoms with van der Waals surface area (Å²) in [6.45, 7) is 0.364. The van der Waals surface area contributed by atoms with Gasteiger partial charge in [0.2, 0.25) is 0 Å². The van der Waals surface area contributed by atoms with Crippen LogP contribution in [0.2, 0.25) is 0 Å². The van der Waals surface area contributed by atoms with Crippen LogP contribution in [0.1, 0.15) is 23.3 Å². The van der Waals surface area contributed by atoms with E-state index >= 15 is 0 Å². The van der Waals surface area contributed by atoms with Gasteiger partial charge >= 0.3 is 5.97 Å². The lowest BCUT2D eigenvalue weighted by molar-refractivity contribution is -0.137. The molecule has 1 heterocycles. The molecule has 0 atom stereocenters. The summed E-state index contributed by atoms with van der Waals surface area (Å²) in [6.07, 6.45) is 0.503. The van der Waals surface area contributed by atoms with E-state index in [2.05, 4.69) is 10.3 Å². The summed E-state index contributed by atoms with van der Waals surface area (Å²) in [5.41, 5.74) is 1.96. The molecule has 0 aliphatic carbocycles.